The molecule has 0 aliphatic carbocycles. The number of hydrazone groups is 1. The van der Waals surface area contributed by atoms with Gasteiger partial charge in [0.05, 0.1) is 31.5 Å². The van der Waals surface area contributed by atoms with Gasteiger partial charge in [0.25, 0.3) is 0 Å². The number of hydrogen-bond acceptors (Lipinski definition) is 9. The van der Waals surface area contributed by atoms with Crippen LogP contribution in [0.5, 0.6) is 11.5 Å². The number of aliphatic hydroxyl groups excluding tert-OH is 1. The highest BCUT2D eigenvalue weighted by Gasteiger charge is 2.32. The highest BCUT2D eigenvalue weighted by molar-refractivity contribution is 6.30. The minimum Gasteiger partial charge on any atom is -0.490 e. The second-order valence-corrected chi connectivity index (χ2v) is 9.51. The molecule has 0 saturated heterocycles. The average molecular weight is 583 g/mol. The SMILES string of the molecule is CCOc1cc([C@H]2NC(=O)NC(C)=C2C(=O)OC)ccc1OC[C@@H](O)N/N=C/c1ccc(-c2cc(Cl)ccc2C)o1. The molecule has 11 nitrogen and oxygen atoms in total. The van der Waals surface area contributed by atoms with Crippen molar-refractivity contribution >= 4 is 29.8 Å². The third-order valence-corrected chi connectivity index (χ3v) is 6.41. The number of aliphatic hydroxyl groups is 1. The number of nitrogens with one attached hydrogen (secondary N) is 3. The normalized spacial score (nSPS) is 15.8. The number of aryl methyl sites for hydroxylation is 1. The third-order valence-electron chi connectivity index (χ3n) is 6.18. The van der Waals surface area contributed by atoms with Crippen LogP contribution in [0.1, 0.15) is 36.8 Å². The van der Waals surface area contributed by atoms with E-state index in [4.69, 9.17) is 30.2 Å². The zero-order chi connectivity index (χ0) is 29.5. The molecule has 12 heteroatoms. The van der Waals surface area contributed by atoms with Crippen LogP contribution in [-0.2, 0) is 9.53 Å². The number of furan rings is 1. The lowest BCUT2D eigenvalue weighted by molar-refractivity contribution is -0.136. The molecule has 3 aromatic rings. The molecule has 0 unspecified atom stereocenters. The predicted molar refractivity (Wildman–Crippen MR) is 153 cm³/mol. The molecule has 4 N–H and O–H groups in total. The average Bonchev–Trinajstić information content (AvgIpc) is 3.41. The first kappa shape index (κ1) is 29.5. The fourth-order valence-electron chi connectivity index (χ4n) is 4.24. The molecule has 1 aliphatic rings. The van der Waals surface area contributed by atoms with Crippen molar-refractivity contribution in [3.8, 4) is 22.8 Å². The highest BCUT2D eigenvalue weighted by Crippen LogP contribution is 2.35. The van der Waals surface area contributed by atoms with E-state index in [9.17, 15) is 14.7 Å². The maximum absolute atomic E-state index is 12.4. The number of ether oxygens (including phenoxy) is 3. The largest absolute Gasteiger partial charge is 0.490 e. The number of rotatable bonds is 11. The number of carbonyl (C=O) groups excluding carboxylic acids is 2. The summed E-state index contributed by atoms with van der Waals surface area (Å²) in [5.74, 6) is 1.28. The molecular formula is C29H31ClN4O7. The second kappa shape index (κ2) is 13.2. The fourth-order valence-corrected chi connectivity index (χ4v) is 4.41. The van der Waals surface area contributed by atoms with E-state index in [1.807, 2.05) is 38.1 Å². The van der Waals surface area contributed by atoms with Gasteiger partial charge in [0.2, 0.25) is 0 Å². The molecule has 0 spiro atoms. The van der Waals surface area contributed by atoms with Crippen molar-refractivity contribution in [1.29, 1.82) is 0 Å². The van der Waals surface area contributed by atoms with Gasteiger partial charge in [0, 0.05) is 16.3 Å². The van der Waals surface area contributed by atoms with Crippen molar-refractivity contribution in [3.63, 3.8) is 0 Å². The summed E-state index contributed by atoms with van der Waals surface area (Å²) < 4.78 is 22.2. The molecule has 2 aromatic carbocycles. The van der Waals surface area contributed by atoms with Crippen LogP contribution < -0.4 is 25.5 Å². The van der Waals surface area contributed by atoms with E-state index in [0.717, 1.165) is 11.1 Å². The summed E-state index contributed by atoms with van der Waals surface area (Å²) in [4.78, 5) is 24.5. The molecule has 2 amide bonds. The molecule has 0 radical (unpaired) electrons. The molecule has 2 heterocycles. The number of halogens is 1. The van der Waals surface area contributed by atoms with Crippen LogP contribution in [0, 0.1) is 6.92 Å². The molecular weight excluding hydrogens is 552 g/mol. The van der Waals surface area contributed by atoms with Gasteiger partial charge in [-0.05, 0) is 68.3 Å². The number of allylic oxidation sites excluding steroid dienone is 1. The van der Waals surface area contributed by atoms with Crippen molar-refractivity contribution in [2.24, 2.45) is 5.10 Å². The first-order valence-corrected chi connectivity index (χ1v) is 13.2. The minimum absolute atomic E-state index is 0.154. The number of hydrogen-bond donors (Lipinski definition) is 4. The van der Waals surface area contributed by atoms with Crippen LogP contribution in [0.15, 0.2) is 69.3 Å². The number of esters is 1. The van der Waals surface area contributed by atoms with Gasteiger partial charge < -0.3 is 34.4 Å². The van der Waals surface area contributed by atoms with E-state index in [1.54, 1.807) is 31.2 Å². The Balaban J connectivity index is 1.40. The minimum atomic E-state index is -1.15. The van der Waals surface area contributed by atoms with Gasteiger partial charge in [-0.15, -0.1) is 0 Å². The summed E-state index contributed by atoms with van der Waals surface area (Å²) in [7, 11) is 1.27. The van der Waals surface area contributed by atoms with E-state index in [0.29, 0.717) is 45.9 Å². The Labute approximate surface area is 242 Å². The number of urea groups is 1. The van der Waals surface area contributed by atoms with E-state index in [-0.39, 0.29) is 12.2 Å². The van der Waals surface area contributed by atoms with Crippen LogP contribution in [0.4, 0.5) is 4.79 Å². The van der Waals surface area contributed by atoms with Gasteiger partial charge in [-0.25, -0.2) is 9.59 Å². The zero-order valence-corrected chi connectivity index (χ0v) is 23.7. The highest BCUT2D eigenvalue weighted by atomic mass is 35.5. The maximum Gasteiger partial charge on any atom is 0.337 e. The Hall–Kier alpha value is -4.48. The zero-order valence-electron chi connectivity index (χ0n) is 23.0. The maximum atomic E-state index is 12.4. The molecule has 1 aliphatic heterocycles. The van der Waals surface area contributed by atoms with Crippen molar-refractivity contribution < 1.29 is 33.3 Å². The standard InChI is InChI=1S/C29H31ClN4O7/c1-5-39-24-12-18(27-26(28(36)38-4)17(3)32-29(37)33-27)7-10-23(24)40-15-25(35)34-31-14-20-9-11-22(41-20)21-13-19(30)8-6-16(21)2/h6-14,25,27,34-35H,5,15H2,1-4H3,(H2,32,33,37)/b31-14+/t25-,27-/m1/s1. The van der Waals surface area contributed by atoms with Crippen LogP contribution >= 0.6 is 11.6 Å². The van der Waals surface area contributed by atoms with Gasteiger partial charge in [-0.3, -0.25) is 5.43 Å². The molecule has 216 valence electrons. The Kier molecular flexibility index (Phi) is 9.53. The van der Waals surface area contributed by atoms with Gasteiger partial charge in [0.15, 0.2) is 17.7 Å². The Morgan fingerprint density at radius 2 is 1.98 bits per heavy atom. The van der Waals surface area contributed by atoms with Crippen molar-refractivity contribution in [3.05, 3.63) is 81.7 Å². The van der Waals surface area contributed by atoms with E-state index in [2.05, 4.69) is 21.2 Å². The quantitative estimate of drug-likeness (QED) is 0.112. The van der Waals surface area contributed by atoms with Gasteiger partial charge in [0.1, 0.15) is 18.1 Å². The van der Waals surface area contributed by atoms with Crippen LogP contribution in [0.3, 0.4) is 0 Å². The molecule has 2 atom stereocenters. The first-order chi connectivity index (χ1) is 19.7. The smallest absolute Gasteiger partial charge is 0.337 e. The van der Waals surface area contributed by atoms with Crippen LogP contribution in [-0.4, -0.2) is 49.9 Å². The molecule has 0 bridgehead atoms. The van der Waals surface area contributed by atoms with Gasteiger partial charge >= 0.3 is 12.0 Å². The lowest BCUT2D eigenvalue weighted by Gasteiger charge is -2.28. The summed E-state index contributed by atoms with van der Waals surface area (Å²) >= 11 is 6.11. The molecule has 4 rings (SSSR count). The topological polar surface area (TPSA) is 144 Å². The lowest BCUT2D eigenvalue weighted by Crippen LogP contribution is -2.45. The number of carbonyl (C=O) groups is 2. The lowest BCUT2D eigenvalue weighted by atomic mass is 9.95. The monoisotopic (exact) mass is 582 g/mol. The van der Waals surface area contributed by atoms with E-state index in [1.165, 1.54) is 13.3 Å². The van der Waals surface area contributed by atoms with Crippen molar-refractivity contribution in [1.82, 2.24) is 16.1 Å². The van der Waals surface area contributed by atoms with E-state index < -0.39 is 24.3 Å². The Bertz CT molecular complexity index is 1480. The number of nitrogens with zero attached hydrogens (tertiary/aromatic N) is 1. The van der Waals surface area contributed by atoms with Crippen LogP contribution in [0.2, 0.25) is 5.02 Å². The molecule has 41 heavy (non-hydrogen) atoms. The Morgan fingerprint density at radius 3 is 2.73 bits per heavy atom. The first-order valence-electron chi connectivity index (χ1n) is 12.8. The molecule has 0 saturated carbocycles. The molecule has 1 aromatic heterocycles. The summed E-state index contributed by atoms with van der Waals surface area (Å²) in [5, 5.41) is 20.3. The summed E-state index contributed by atoms with van der Waals surface area (Å²) in [6.07, 6.45) is 0.291. The summed E-state index contributed by atoms with van der Waals surface area (Å²) in [6, 6.07) is 12.9. The number of amides is 2. The van der Waals surface area contributed by atoms with Crippen LogP contribution in [0.25, 0.3) is 11.3 Å². The second-order valence-electron chi connectivity index (χ2n) is 9.08. The van der Waals surface area contributed by atoms with Gasteiger partial charge in [-0.2, -0.15) is 5.10 Å². The van der Waals surface area contributed by atoms with Crippen molar-refractivity contribution in [2.75, 3.05) is 20.3 Å². The van der Waals surface area contributed by atoms with E-state index >= 15 is 0 Å². The summed E-state index contributed by atoms with van der Waals surface area (Å²) in [5.41, 5.74) is 5.74. The molecule has 0 fully saturated rings. The Morgan fingerprint density at radius 1 is 1.17 bits per heavy atom. The van der Waals surface area contributed by atoms with Crippen molar-refractivity contribution in [2.45, 2.75) is 33.0 Å². The predicted octanol–water partition coefficient (Wildman–Crippen LogP) is 4.43. The van der Waals surface area contributed by atoms with Gasteiger partial charge in [-0.1, -0.05) is 23.7 Å². The third kappa shape index (κ3) is 7.19. The fraction of sp³-hybridized carbons (Fsp3) is 0.276. The summed E-state index contributed by atoms with van der Waals surface area (Å²) in [6.45, 7) is 5.58. The number of methoxy groups -OCH3 is 1. The number of benzene rings is 2.